The van der Waals surface area contributed by atoms with Crippen LogP contribution < -0.4 is 4.90 Å². The van der Waals surface area contributed by atoms with E-state index >= 15 is 0 Å². The van der Waals surface area contributed by atoms with E-state index in [9.17, 15) is 9.59 Å². The fourth-order valence-electron chi connectivity index (χ4n) is 3.11. The van der Waals surface area contributed by atoms with Crippen LogP contribution in [0.2, 0.25) is 0 Å². The molecule has 0 saturated carbocycles. The number of morpholine rings is 1. The van der Waals surface area contributed by atoms with Crippen LogP contribution >= 0.6 is 0 Å². The Balaban J connectivity index is 1.80. The lowest BCUT2D eigenvalue weighted by Gasteiger charge is -2.28. The lowest BCUT2D eigenvalue weighted by atomic mass is 10.0. The van der Waals surface area contributed by atoms with E-state index in [2.05, 4.69) is 4.90 Å². The minimum atomic E-state index is -0.396. The number of hydrogen-bond acceptors (Lipinski definition) is 4. The SMILES string of the molecule is Cc1cc(C)c2c(c1)C(=O)C(=O)N2CCN1CCOCC1. The molecule has 0 aliphatic carbocycles. The molecule has 5 heteroatoms. The first kappa shape index (κ1) is 14.2. The van der Waals surface area contributed by atoms with Crippen LogP contribution in [0.3, 0.4) is 0 Å². The van der Waals surface area contributed by atoms with E-state index in [1.807, 2.05) is 26.0 Å². The third-order valence-electron chi connectivity index (χ3n) is 4.14. The van der Waals surface area contributed by atoms with Gasteiger partial charge in [0, 0.05) is 26.2 Å². The number of aryl methyl sites for hydroxylation is 2. The maximum Gasteiger partial charge on any atom is 0.299 e. The second-order valence-corrected chi connectivity index (χ2v) is 5.72. The molecule has 3 rings (SSSR count). The van der Waals surface area contributed by atoms with Gasteiger partial charge >= 0.3 is 0 Å². The number of anilines is 1. The van der Waals surface area contributed by atoms with Gasteiger partial charge in [-0.05, 0) is 31.0 Å². The first-order valence-corrected chi connectivity index (χ1v) is 7.35. The monoisotopic (exact) mass is 288 g/mol. The highest BCUT2D eigenvalue weighted by Crippen LogP contribution is 2.33. The van der Waals surface area contributed by atoms with Crippen LogP contribution in [0.15, 0.2) is 12.1 Å². The zero-order valence-corrected chi connectivity index (χ0v) is 12.5. The molecular weight excluding hydrogens is 268 g/mol. The van der Waals surface area contributed by atoms with Crippen molar-refractivity contribution in [3.63, 3.8) is 0 Å². The fraction of sp³-hybridized carbons (Fsp3) is 0.500. The van der Waals surface area contributed by atoms with Crippen LogP contribution in [-0.4, -0.2) is 56.0 Å². The second kappa shape index (κ2) is 5.58. The van der Waals surface area contributed by atoms with Crippen molar-refractivity contribution in [2.75, 3.05) is 44.3 Å². The topological polar surface area (TPSA) is 49.9 Å². The Labute approximate surface area is 124 Å². The third kappa shape index (κ3) is 2.59. The van der Waals surface area contributed by atoms with Crippen LogP contribution in [0.1, 0.15) is 21.5 Å². The van der Waals surface area contributed by atoms with Gasteiger partial charge in [-0.3, -0.25) is 14.5 Å². The molecule has 1 fully saturated rings. The van der Waals surface area contributed by atoms with Gasteiger partial charge in [0.05, 0.1) is 24.5 Å². The molecule has 5 nitrogen and oxygen atoms in total. The minimum Gasteiger partial charge on any atom is -0.379 e. The molecule has 0 unspecified atom stereocenters. The molecule has 0 spiro atoms. The predicted molar refractivity (Wildman–Crippen MR) is 79.9 cm³/mol. The van der Waals surface area contributed by atoms with Gasteiger partial charge in [0.15, 0.2) is 0 Å². The summed E-state index contributed by atoms with van der Waals surface area (Å²) in [4.78, 5) is 28.3. The van der Waals surface area contributed by atoms with Crippen LogP contribution in [0, 0.1) is 13.8 Å². The summed E-state index contributed by atoms with van der Waals surface area (Å²) in [5.41, 5.74) is 3.36. The highest BCUT2D eigenvalue weighted by Gasteiger charge is 2.37. The van der Waals surface area contributed by atoms with Gasteiger partial charge in [-0.2, -0.15) is 0 Å². The molecule has 0 atom stereocenters. The van der Waals surface area contributed by atoms with E-state index in [4.69, 9.17) is 4.74 Å². The molecule has 1 saturated heterocycles. The van der Waals surface area contributed by atoms with E-state index < -0.39 is 5.91 Å². The smallest absolute Gasteiger partial charge is 0.299 e. The first-order chi connectivity index (χ1) is 10.1. The van der Waals surface area contributed by atoms with Gasteiger partial charge in [-0.15, -0.1) is 0 Å². The van der Waals surface area contributed by atoms with Crippen molar-refractivity contribution in [2.24, 2.45) is 0 Å². The zero-order chi connectivity index (χ0) is 15.0. The van der Waals surface area contributed by atoms with Crippen molar-refractivity contribution in [1.29, 1.82) is 0 Å². The Morgan fingerprint density at radius 3 is 2.52 bits per heavy atom. The van der Waals surface area contributed by atoms with Crippen molar-refractivity contribution in [3.8, 4) is 0 Å². The molecule has 1 aromatic carbocycles. The molecule has 1 aromatic rings. The van der Waals surface area contributed by atoms with Crippen molar-refractivity contribution < 1.29 is 14.3 Å². The van der Waals surface area contributed by atoms with E-state index in [1.54, 1.807) is 4.90 Å². The molecule has 1 amide bonds. The van der Waals surface area contributed by atoms with Gasteiger partial charge in [0.25, 0.3) is 11.7 Å². The van der Waals surface area contributed by atoms with E-state index in [1.165, 1.54) is 0 Å². The van der Waals surface area contributed by atoms with Crippen molar-refractivity contribution >= 4 is 17.4 Å². The Morgan fingerprint density at radius 1 is 1.10 bits per heavy atom. The van der Waals surface area contributed by atoms with E-state index in [-0.39, 0.29) is 5.78 Å². The number of benzene rings is 1. The molecule has 2 aliphatic heterocycles. The quantitative estimate of drug-likeness (QED) is 0.783. The van der Waals surface area contributed by atoms with Crippen LogP contribution in [0.25, 0.3) is 0 Å². The van der Waals surface area contributed by atoms with Gasteiger partial charge in [0.2, 0.25) is 0 Å². The number of ketones is 1. The summed E-state index contributed by atoms with van der Waals surface area (Å²) < 4.78 is 5.32. The Bertz CT molecular complexity index is 591. The molecule has 0 aromatic heterocycles. The van der Waals surface area contributed by atoms with Crippen LogP contribution in [-0.2, 0) is 9.53 Å². The Hall–Kier alpha value is -1.72. The highest BCUT2D eigenvalue weighted by atomic mass is 16.5. The number of nitrogens with zero attached hydrogens (tertiary/aromatic N) is 2. The average Bonchev–Trinajstić information content (AvgIpc) is 2.71. The van der Waals surface area contributed by atoms with Crippen LogP contribution in [0.4, 0.5) is 5.69 Å². The lowest BCUT2D eigenvalue weighted by Crippen LogP contribution is -2.42. The van der Waals surface area contributed by atoms with Crippen molar-refractivity contribution in [2.45, 2.75) is 13.8 Å². The highest BCUT2D eigenvalue weighted by molar-refractivity contribution is 6.52. The summed E-state index contributed by atoms with van der Waals surface area (Å²) in [7, 11) is 0. The number of rotatable bonds is 3. The number of fused-ring (bicyclic) bond motifs is 1. The molecule has 2 aliphatic rings. The molecule has 0 bridgehead atoms. The molecular formula is C16H20N2O3. The Kier molecular flexibility index (Phi) is 3.78. The normalized spacial score (nSPS) is 19.2. The number of carbonyl (C=O) groups is 2. The summed E-state index contributed by atoms with van der Waals surface area (Å²) >= 11 is 0. The summed E-state index contributed by atoms with van der Waals surface area (Å²) in [6.45, 7) is 8.48. The average molecular weight is 288 g/mol. The number of Topliss-reactive ketones (excluding diaryl/α,β-unsaturated/α-hetero) is 1. The van der Waals surface area contributed by atoms with E-state index in [0.717, 1.165) is 49.7 Å². The molecule has 0 N–H and O–H groups in total. The van der Waals surface area contributed by atoms with Crippen LogP contribution in [0.5, 0.6) is 0 Å². The maximum absolute atomic E-state index is 12.2. The molecule has 112 valence electrons. The maximum atomic E-state index is 12.2. The lowest BCUT2D eigenvalue weighted by molar-refractivity contribution is -0.114. The van der Waals surface area contributed by atoms with Crippen molar-refractivity contribution in [1.82, 2.24) is 4.90 Å². The Morgan fingerprint density at radius 2 is 1.81 bits per heavy atom. The molecule has 21 heavy (non-hydrogen) atoms. The standard InChI is InChI=1S/C16H20N2O3/c1-11-9-12(2)14-13(10-11)15(19)16(20)18(14)4-3-17-5-7-21-8-6-17/h9-10H,3-8H2,1-2H3. The molecule has 2 heterocycles. The van der Waals surface area contributed by atoms with Gasteiger partial charge in [-0.1, -0.05) is 6.07 Å². The van der Waals surface area contributed by atoms with Crippen molar-refractivity contribution in [3.05, 3.63) is 28.8 Å². The number of amides is 1. The van der Waals surface area contributed by atoms with Gasteiger partial charge in [-0.25, -0.2) is 0 Å². The predicted octanol–water partition coefficient (Wildman–Crippen LogP) is 1.16. The summed E-state index contributed by atoms with van der Waals surface area (Å²) in [5, 5.41) is 0. The number of carbonyl (C=O) groups excluding carboxylic acids is 2. The number of ether oxygens (including phenoxy) is 1. The summed E-state index contributed by atoms with van der Waals surface area (Å²) in [6.07, 6.45) is 0. The minimum absolute atomic E-state index is 0.376. The summed E-state index contributed by atoms with van der Waals surface area (Å²) in [6, 6.07) is 3.84. The summed E-state index contributed by atoms with van der Waals surface area (Å²) in [5.74, 6) is -0.772. The van der Waals surface area contributed by atoms with Gasteiger partial charge < -0.3 is 9.64 Å². The fourth-order valence-corrected chi connectivity index (χ4v) is 3.11. The zero-order valence-electron chi connectivity index (χ0n) is 12.5. The molecule has 0 radical (unpaired) electrons. The first-order valence-electron chi connectivity index (χ1n) is 7.35. The largest absolute Gasteiger partial charge is 0.379 e. The van der Waals surface area contributed by atoms with Gasteiger partial charge in [0.1, 0.15) is 0 Å². The second-order valence-electron chi connectivity index (χ2n) is 5.72. The third-order valence-corrected chi connectivity index (χ3v) is 4.14. The number of hydrogen-bond donors (Lipinski definition) is 0. The van der Waals surface area contributed by atoms with E-state index in [0.29, 0.717) is 12.1 Å².